The number of guanidine groups is 1. The quantitative estimate of drug-likeness (QED) is 0.324. The van der Waals surface area contributed by atoms with E-state index in [1.54, 1.807) is 18.4 Å². The number of hydrogen-bond acceptors (Lipinski definition) is 5. The number of thiophene rings is 1. The molecule has 2 atom stereocenters. The Bertz CT molecular complexity index is 585. The molecular formula is C18H33IN4O2S2. The van der Waals surface area contributed by atoms with Crippen molar-refractivity contribution < 1.29 is 8.95 Å². The Labute approximate surface area is 187 Å². The second-order valence-electron chi connectivity index (χ2n) is 7.22. The molecule has 0 saturated carbocycles. The average Bonchev–Trinajstić information content (AvgIpc) is 3.14. The molecule has 1 fully saturated rings. The van der Waals surface area contributed by atoms with Crippen molar-refractivity contribution in [2.45, 2.75) is 31.6 Å². The van der Waals surface area contributed by atoms with Gasteiger partial charge in [-0.2, -0.15) is 0 Å². The highest BCUT2D eigenvalue weighted by Crippen LogP contribution is 2.25. The van der Waals surface area contributed by atoms with Crippen LogP contribution in [0.4, 0.5) is 0 Å². The minimum Gasteiger partial charge on any atom is -0.379 e. The predicted molar refractivity (Wildman–Crippen MR) is 127 cm³/mol. The van der Waals surface area contributed by atoms with Gasteiger partial charge in [0.15, 0.2) is 5.96 Å². The third kappa shape index (κ3) is 8.35. The molecule has 1 aliphatic rings. The monoisotopic (exact) mass is 528 g/mol. The van der Waals surface area contributed by atoms with Crippen LogP contribution >= 0.6 is 35.3 Å². The van der Waals surface area contributed by atoms with Gasteiger partial charge in [0.25, 0.3) is 0 Å². The number of morpholine rings is 1. The van der Waals surface area contributed by atoms with Crippen LogP contribution in [-0.4, -0.2) is 72.0 Å². The van der Waals surface area contributed by atoms with Crippen molar-refractivity contribution in [1.29, 1.82) is 0 Å². The van der Waals surface area contributed by atoms with E-state index in [9.17, 15) is 4.21 Å². The summed E-state index contributed by atoms with van der Waals surface area (Å²) < 4.78 is 17.5. The topological polar surface area (TPSA) is 66.0 Å². The number of nitrogens with zero attached hydrogens (tertiary/aromatic N) is 2. The summed E-state index contributed by atoms with van der Waals surface area (Å²) in [6, 6.07) is 4.60. The van der Waals surface area contributed by atoms with E-state index in [0.717, 1.165) is 38.8 Å². The third-order valence-electron chi connectivity index (χ3n) is 4.31. The lowest BCUT2D eigenvalue weighted by Crippen LogP contribution is -2.46. The van der Waals surface area contributed by atoms with Crippen molar-refractivity contribution in [1.82, 2.24) is 15.5 Å². The number of aliphatic imine (C=N–C) groups is 1. The summed E-state index contributed by atoms with van der Waals surface area (Å²) in [5, 5.41) is 8.84. The van der Waals surface area contributed by atoms with Crippen LogP contribution in [0.3, 0.4) is 0 Å². The first-order chi connectivity index (χ1) is 12.4. The number of ether oxygens (including phenoxy) is 1. The lowest BCUT2D eigenvalue weighted by atomic mass is 10.2. The Balaban J connectivity index is 0.00000364. The molecule has 1 aromatic heterocycles. The molecule has 9 heteroatoms. The Kier molecular flexibility index (Phi) is 11.4. The van der Waals surface area contributed by atoms with Crippen molar-refractivity contribution in [2.24, 2.45) is 4.99 Å². The van der Waals surface area contributed by atoms with Gasteiger partial charge in [-0.15, -0.1) is 35.3 Å². The van der Waals surface area contributed by atoms with Gasteiger partial charge in [0.05, 0.1) is 19.3 Å². The zero-order chi connectivity index (χ0) is 19.0. The minimum atomic E-state index is -0.862. The SMILES string of the molecule is CN=C(NCCS(=O)C(C)(C)C)NCC(c1cccs1)N1CCOCC1.I. The summed E-state index contributed by atoms with van der Waals surface area (Å²) >= 11 is 1.79. The van der Waals surface area contributed by atoms with E-state index in [-0.39, 0.29) is 28.7 Å². The molecule has 0 amide bonds. The fraction of sp³-hybridized carbons (Fsp3) is 0.722. The molecule has 156 valence electrons. The Morgan fingerprint density at radius 2 is 2.07 bits per heavy atom. The first kappa shape index (κ1) is 24.8. The summed E-state index contributed by atoms with van der Waals surface area (Å²) in [4.78, 5) is 8.11. The molecule has 2 heterocycles. The molecule has 1 aromatic rings. The van der Waals surface area contributed by atoms with Crippen molar-refractivity contribution in [2.75, 3.05) is 52.2 Å². The summed E-state index contributed by atoms with van der Waals surface area (Å²) in [6.07, 6.45) is 0. The van der Waals surface area contributed by atoms with E-state index in [1.807, 2.05) is 20.8 Å². The van der Waals surface area contributed by atoms with Crippen LogP contribution in [0.15, 0.2) is 22.5 Å². The third-order valence-corrected chi connectivity index (χ3v) is 7.22. The van der Waals surface area contributed by atoms with Crippen LogP contribution in [0.2, 0.25) is 0 Å². The smallest absolute Gasteiger partial charge is 0.191 e. The van der Waals surface area contributed by atoms with Crippen LogP contribution in [-0.2, 0) is 15.5 Å². The highest BCUT2D eigenvalue weighted by atomic mass is 127. The van der Waals surface area contributed by atoms with E-state index in [0.29, 0.717) is 18.3 Å². The minimum absolute atomic E-state index is 0. The second kappa shape index (κ2) is 12.4. The van der Waals surface area contributed by atoms with Crippen molar-refractivity contribution >= 4 is 52.1 Å². The number of hydrogen-bond donors (Lipinski definition) is 2. The van der Waals surface area contributed by atoms with Crippen LogP contribution < -0.4 is 10.6 Å². The Morgan fingerprint density at radius 3 is 2.63 bits per heavy atom. The van der Waals surface area contributed by atoms with Crippen LogP contribution in [0.25, 0.3) is 0 Å². The molecule has 0 aliphatic carbocycles. The van der Waals surface area contributed by atoms with Gasteiger partial charge in [-0.05, 0) is 32.2 Å². The van der Waals surface area contributed by atoms with Gasteiger partial charge in [0, 0.05) is 59.4 Å². The maximum Gasteiger partial charge on any atom is 0.191 e. The average molecular weight is 529 g/mol. The van der Waals surface area contributed by atoms with E-state index in [2.05, 4.69) is 38.0 Å². The predicted octanol–water partition coefficient (Wildman–Crippen LogP) is 2.45. The lowest BCUT2D eigenvalue weighted by molar-refractivity contribution is 0.0177. The summed E-state index contributed by atoms with van der Waals surface area (Å²) in [6.45, 7) is 10.9. The zero-order valence-corrected chi connectivity index (χ0v) is 20.7. The molecule has 27 heavy (non-hydrogen) atoms. The fourth-order valence-electron chi connectivity index (χ4n) is 2.76. The van der Waals surface area contributed by atoms with Gasteiger partial charge >= 0.3 is 0 Å². The molecule has 2 unspecified atom stereocenters. The zero-order valence-electron chi connectivity index (χ0n) is 16.7. The van der Waals surface area contributed by atoms with E-state index in [4.69, 9.17) is 4.74 Å². The first-order valence-corrected chi connectivity index (χ1v) is 11.3. The maximum atomic E-state index is 12.2. The molecule has 6 nitrogen and oxygen atoms in total. The second-order valence-corrected chi connectivity index (χ2v) is 10.5. The molecule has 1 saturated heterocycles. The van der Waals surface area contributed by atoms with Crippen LogP contribution in [0.5, 0.6) is 0 Å². The lowest BCUT2D eigenvalue weighted by Gasteiger charge is -2.34. The first-order valence-electron chi connectivity index (χ1n) is 9.10. The van der Waals surface area contributed by atoms with Crippen molar-refractivity contribution in [3.63, 3.8) is 0 Å². The van der Waals surface area contributed by atoms with Gasteiger partial charge in [0.1, 0.15) is 0 Å². The van der Waals surface area contributed by atoms with Crippen molar-refractivity contribution in [3.05, 3.63) is 22.4 Å². The molecular weight excluding hydrogens is 495 g/mol. The van der Waals surface area contributed by atoms with Gasteiger partial charge in [0.2, 0.25) is 0 Å². The van der Waals surface area contributed by atoms with Gasteiger partial charge < -0.3 is 15.4 Å². The van der Waals surface area contributed by atoms with E-state index >= 15 is 0 Å². The highest BCUT2D eigenvalue weighted by molar-refractivity contribution is 14.0. The van der Waals surface area contributed by atoms with E-state index in [1.165, 1.54) is 4.88 Å². The van der Waals surface area contributed by atoms with E-state index < -0.39 is 10.8 Å². The van der Waals surface area contributed by atoms with Gasteiger partial charge in [-0.3, -0.25) is 14.1 Å². The van der Waals surface area contributed by atoms with Gasteiger partial charge in [-0.25, -0.2) is 0 Å². The summed E-state index contributed by atoms with van der Waals surface area (Å²) in [7, 11) is 0.906. The maximum absolute atomic E-state index is 12.2. The fourth-order valence-corrected chi connectivity index (χ4v) is 4.52. The number of rotatable bonds is 7. The molecule has 1 aliphatic heterocycles. The van der Waals surface area contributed by atoms with Gasteiger partial charge in [-0.1, -0.05) is 6.07 Å². The molecule has 0 bridgehead atoms. The van der Waals surface area contributed by atoms with Crippen LogP contribution in [0, 0.1) is 0 Å². The molecule has 2 N–H and O–H groups in total. The molecule has 0 radical (unpaired) electrons. The number of halogens is 1. The standard InChI is InChI=1S/C18H32N4O2S2.HI/c1-18(2,3)26(23)13-7-20-17(19-4)21-14-15(16-6-5-12-25-16)22-8-10-24-11-9-22;/h5-6,12,15H,7-11,13-14H2,1-4H3,(H2,19,20,21);1H. The molecule has 0 aromatic carbocycles. The summed E-state index contributed by atoms with van der Waals surface area (Å²) in [5.41, 5.74) is 0. The largest absolute Gasteiger partial charge is 0.379 e. The van der Waals surface area contributed by atoms with Crippen molar-refractivity contribution in [3.8, 4) is 0 Å². The normalized spacial score (nSPS) is 18.4. The van der Waals surface area contributed by atoms with Crippen LogP contribution in [0.1, 0.15) is 31.7 Å². The Hall–Kier alpha value is -0.230. The Morgan fingerprint density at radius 1 is 1.37 bits per heavy atom. The summed E-state index contributed by atoms with van der Waals surface area (Å²) in [5.74, 6) is 1.37. The highest BCUT2D eigenvalue weighted by Gasteiger charge is 2.24. The number of nitrogens with one attached hydrogen (secondary N) is 2. The molecule has 2 rings (SSSR count). The molecule has 0 spiro atoms.